The quantitative estimate of drug-likeness (QED) is 0.163. The summed E-state index contributed by atoms with van der Waals surface area (Å²) in [5, 5.41) is 17.3. The monoisotopic (exact) mass is 646 g/mol. The van der Waals surface area contributed by atoms with E-state index in [4.69, 9.17) is 4.74 Å². The van der Waals surface area contributed by atoms with E-state index in [0.29, 0.717) is 40.0 Å². The molecule has 2 aromatic carbocycles. The maximum Gasteiger partial charge on any atom is 0.424 e. The normalized spacial score (nSPS) is 17.1. The molecule has 0 saturated heterocycles. The summed E-state index contributed by atoms with van der Waals surface area (Å²) < 4.78 is 64.2. The maximum atomic E-state index is 14.9. The number of carbonyl (C=O) groups excluding carboxylic acids is 1. The number of hydrogen-bond acceptors (Lipinski definition) is 8. The van der Waals surface area contributed by atoms with E-state index >= 15 is 0 Å². The van der Waals surface area contributed by atoms with Crippen molar-refractivity contribution in [2.45, 2.75) is 44.4 Å². The summed E-state index contributed by atoms with van der Waals surface area (Å²) in [6.07, 6.45) is 1.34. The van der Waals surface area contributed by atoms with Crippen molar-refractivity contribution < 1.29 is 32.2 Å². The molecule has 1 amide bonds. The highest BCUT2D eigenvalue weighted by Crippen LogP contribution is 2.48. The number of nitrogens with one attached hydrogen (secondary N) is 2. The summed E-state index contributed by atoms with van der Waals surface area (Å²) in [6.45, 7) is 4.47. The van der Waals surface area contributed by atoms with Crippen LogP contribution in [0.25, 0.3) is 22.2 Å². The molecular formula is C34H30F4N6O3. The molecule has 0 fully saturated rings. The van der Waals surface area contributed by atoms with Crippen molar-refractivity contribution in [1.82, 2.24) is 25.3 Å². The molecule has 3 aromatic heterocycles. The van der Waals surface area contributed by atoms with E-state index in [2.05, 4.69) is 30.6 Å². The van der Waals surface area contributed by atoms with Crippen LogP contribution in [-0.4, -0.2) is 50.3 Å². The number of anilines is 2. The minimum Gasteiger partial charge on any atom is -0.490 e. The van der Waals surface area contributed by atoms with Crippen molar-refractivity contribution in [2.75, 3.05) is 18.5 Å². The van der Waals surface area contributed by atoms with E-state index in [9.17, 15) is 27.5 Å². The number of aliphatic hydroxyl groups is 1. The molecule has 5 aromatic rings. The molecule has 3 N–H and O–H groups in total. The van der Waals surface area contributed by atoms with Gasteiger partial charge in [-0.05, 0) is 67.4 Å². The molecule has 242 valence electrons. The van der Waals surface area contributed by atoms with Gasteiger partial charge in [-0.2, -0.15) is 13.2 Å². The average molecular weight is 647 g/mol. The Balaban J connectivity index is 1.39. The van der Waals surface area contributed by atoms with Crippen LogP contribution in [0.15, 0.2) is 73.3 Å². The molecular weight excluding hydrogens is 616 g/mol. The highest BCUT2D eigenvalue weighted by molar-refractivity contribution is 6.02. The summed E-state index contributed by atoms with van der Waals surface area (Å²) in [7, 11) is 0. The topological polar surface area (TPSA) is 122 Å². The molecule has 0 aliphatic carbocycles. The number of nitrogens with zero attached hydrogens (tertiary/aromatic N) is 4. The van der Waals surface area contributed by atoms with Gasteiger partial charge in [-0.15, -0.1) is 0 Å². The van der Waals surface area contributed by atoms with Gasteiger partial charge >= 0.3 is 6.18 Å². The van der Waals surface area contributed by atoms with E-state index < -0.39 is 41.2 Å². The molecule has 1 aliphatic rings. The molecule has 2 atom stereocenters. The van der Waals surface area contributed by atoms with Gasteiger partial charge in [-0.1, -0.05) is 13.8 Å². The fraction of sp³-hybridized carbons (Fsp3) is 0.265. The van der Waals surface area contributed by atoms with Gasteiger partial charge < -0.3 is 20.5 Å². The van der Waals surface area contributed by atoms with Crippen LogP contribution in [0.3, 0.4) is 0 Å². The summed E-state index contributed by atoms with van der Waals surface area (Å²) >= 11 is 0. The smallest absolute Gasteiger partial charge is 0.424 e. The zero-order valence-corrected chi connectivity index (χ0v) is 25.6. The number of amides is 1. The fourth-order valence-electron chi connectivity index (χ4n) is 5.48. The van der Waals surface area contributed by atoms with Gasteiger partial charge in [0, 0.05) is 46.1 Å². The lowest BCUT2D eigenvalue weighted by Gasteiger charge is -2.31. The Labute approximate surface area is 267 Å². The van der Waals surface area contributed by atoms with Crippen molar-refractivity contribution in [1.29, 1.82) is 0 Å². The van der Waals surface area contributed by atoms with E-state index in [-0.39, 0.29) is 23.6 Å². The first kappa shape index (κ1) is 31.8. The van der Waals surface area contributed by atoms with Crippen molar-refractivity contribution in [3.05, 3.63) is 102 Å². The number of fused-ring (bicyclic) bond motifs is 2. The number of ether oxygens (including phenoxy) is 1. The van der Waals surface area contributed by atoms with Crippen LogP contribution in [0.1, 0.15) is 47.4 Å². The van der Waals surface area contributed by atoms with Crippen LogP contribution >= 0.6 is 0 Å². The van der Waals surface area contributed by atoms with Crippen LogP contribution in [0, 0.1) is 12.7 Å². The Morgan fingerprint density at radius 3 is 2.51 bits per heavy atom. The van der Waals surface area contributed by atoms with Crippen molar-refractivity contribution in [2.24, 2.45) is 0 Å². The van der Waals surface area contributed by atoms with Crippen molar-refractivity contribution >= 4 is 28.3 Å². The lowest BCUT2D eigenvalue weighted by atomic mass is 9.80. The van der Waals surface area contributed by atoms with Crippen LogP contribution in [-0.2, 0) is 11.0 Å². The molecule has 6 rings (SSSR count). The number of rotatable bonds is 8. The summed E-state index contributed by atoms with van der Waals surface area (Å²) in [5.74, 6) is -0.783. The van der Waals surface area contributed by atoms with Crippen LogP contribution in [0.5, 0.6) is 5.75 Å². The first-order valence-corrected chi connectivity index (χ1v) is 14.8. The van der Waals surface area contributed by atoms with Gasteiger partial charge in [0.15, 0.2) is 0 Å². The predicted octanol–water partition coefficient (Wildman–Crippen LogP) is 6.52. The number of aromatic nitrogens is 4. The van der Waals surface area contributed by atoms with Gasteiger partial charge in [0.25, 0.3) is 5.91 Å². The molecule has 47 heavy (non-hydrogen) atoms. The standard InChI is InChI=1S/C34H30F4N6O3/c1-4-32(3)18-47-30-24(32)14-26(44-29(30)20-5-7-23(35)8-6-20)33(46,34(36,37)38)17-42-31(45)22-12-21-11-19(2)15-41-28(21)25(13-22)43-27-16-39-9-10-40-27/h5-16,46H,4,17-18H2,1-3H3,(H,40,43)(H,42,45)/t32-,33+/m0/s1. The fourth-order valence-corrected chi connectivity index (χ4v) is 5.48. The summed E-state index contributed by atoms with van der Waals surface area (Å²) in [5.41, 5.74) is -2.55. The Bertz CT molecular complexity index is 1970. The number of aryl methyl sites for hydroxylation is 1. The lowest BCUT2D eigenvalue weighted by Crippen LogP contribution is -2.51. The molecule has 9 nitrogen and oxygen atoms in total. The van der Waals surface area contributed by atoms with Gasteiger partial charge in [0.2, 0.25) is 5.60 Å². The molecule has 0 spiro atoms. The summed E-state index contributed by atoms with van der Waals surface area (Å²) in [6, 6.07) is 11.0. The average Bonchev–Trinajstić information content (AvgIpc) is 3.39. The highest BCUT2D eigenvalue weighted by atomic mass is 19.4. The molecule has 0 bridgehead atoms. The van der Waals surface area contributed by atoms with Gasteiger partial charge in [-0.3, -0.25) is 14.8 Å². The van der Waals surface area contributed by atoms with Crippen LogP contribution in [0.2, 0.25) is 0 Å². The van der Waals surface area contributed by atoms with E-state index in [1.54, 1.807) is 12.3 Å². The number of hydrogen-bond donors (Lipinski definition) is 3. The van der Waals surface area contributed by atoms with Gasteiger partial charge in [-0.25, -0.2) is 14.4 Å². The zero-order chi connectivity index (χ0) is 33.6. The Hall–Kier alpha value is -5.17. The molecule has 4 heterocycles. The minimum absolute atomic E-state index is 0.0155. The second kappa shape index (κ2) is 11.9. The number of halogens is 4. The van der Waals surface area contributed by atoms with Crippen molar-refractivity contribution in [3.63, 3.8) is 0 Å². The molecule has 0 radical (unpaired) electrons. The molecule has 1 aliphatic heterocycles. The summed E-state index contributed by atoms with van der Waals surface area (Å²) in [4.78, 5) is 30.4. The Morgan fingerprint density at radius 2 is 1.83 bits per heavy atom. The number of benzene rings is 2. The van der Waals surface area contributed by atoms with Crippen LogP contribution < -0.4 is 15.4 Å². The zero-order valence-electron chi connectivity index (χ0n) is 25.6. The SMILES string of the molecule is CC[C@@]1(C)COc2c1cc([C@](O)(CNC(=O)c1cc(Nc3cnccn3)c3ncc(C)cc3c1)C(F)(F)F)nc2-c1ccc(F)cc1. The van der Waals surface area contributed by atoms with E-state index in [0.717, 1.165) is 17.7 Å². The Kier molecular flexibility index (Phi) is 8.04. The highest BCUT2D eigenvalue weighted by Gasteiger charge is 2.57. The largest absolute Gasteiger partial charge is 0.490 e. The third-order valence-corrected chi connectivity index (χ3v) is 8.46. The Morgan fingerprint density at radius 1 is 1.06 bits per heavy atom. The van der Waals surface area contributed by atoms with Gasteiger partial charge in [0.1, 0.15) is 23.1 Å². The molecule has 0 unspecified atom stereocenters. The first-order chi connectivity index (χ1) is 22.3. The third kappa shape index (κ3) is 5.94. The van der Waals surface area contributed by atoms with Gasteiger partial charge in [0.05, 0.1) is 36.2 Å². The maximum absolute atomic E-state index is 14.9. The lowest BCUT2D eigenvalue weighted by molar-refractivity contribution is -0.265. The number of alkyl halides is 3. The van der Waals surface area contributed by atoms with Crippen molar-refractivity contribution in [3.8, 4) is 17.0 Å². The van der Waals surface area contributed by atoms with E-state index in [1.165, 1.54) is 48.9 Å². The van der Waals surface area contributed by atoms with Crippen LogP contribution in [0.4, 0.5) is 29.1 Å². The second-order valence-electron chi connectivity index (χ2n) is 11.8. The minimum atomic E-state index is -5.26. The van der Waals surface area contributed by atoms with E-state index in [1.807, 2.05) is 20.8 Å². The second-order valence-corrected chi connectivity index (χ2v) is 11.8. The number of pyridine rings is 2. The number of carbonyl (C=O) groups is 1. The third-order valence-electron chi connectivity index (χ3n) is 8.46. The molecule has 0 saturated carbocycles. The molecule has 13 heteroatoms. The predicted molar refractivity (Wildman–Crippen MR) is 167 cm³/mol. The first-order valence-electron chi connectivity index (χ1n) is 14.8.